The van der Waals surface area contributed by atoms with Crippen LogP contribution in [0.15, 0.2) is 0 Å². The second-order valence-electron chi connectivity index (χ2n) is 4.26. The molecule has 1 rings (SSSR count). The van der Waals surface area contributed by atoms with Gasteiger partial charge in [-0.1, -0.05) is 13.8 Å². The highest BCUT2D eigenvalue weighted by Gasteiger charge is 2.38. The molecule has 1 heterocycles. The summed E-state index contributed by atoms with van der Waals surface area (Å²) >= 11 is 0. The lowest BCUT2D eigenvalue weighted by atomic mass is 10.0. The van der Waals surface area contributed by atoms with Crippen molar-refractivity contribution < 1.29 is 9.53 Å². The number of esters is 1. The molecule has 1 saturated heterocycles. The van der Waals surface area contributed by atoms with Crippen LogP contribution in [0.4, 0.5) is 0 Å². The molecule has 3 heteroatoms. The molecule has 0 aromatic rings. The molecule has 0 unspecified atom stereocenters. The van der Waals surface area contributed by atoms with Crippen molar-refractivity contribution in [3.63, 3.8) is 0 Å². The third kappa shape index (κ3) is 2.21. The first-order valence-corrected chi connectivity index (χ1v) is 4.41. The summed E-state index contributed by atoms with van der Waals surface area (Å²) in [4.78, 5) is 11.2. The molecule has 0 aliphatic carbocycles. The van der Waals surface area contributed by atoms with E-state index in [2.05, 4.69) is 19.2 Å². The summed E-state index contributed by atoms with van der Waals surface area (Å²) in [7, 11) is 0. The van der Waals surface area contributed by atoms with Crippen molar-refractivity contribution in [3.05, 3.63) is 0 Å². The van der Waals surface area contributed by atoms with Gasteiger partial charge in [0.05, 0.1) is 0 Å². The number of rotatable bonds is 2. The Morgan fingerprint density at radius 3 is 2.50 bits per heavy atom. The average Bonchev–Trinajstić information content (AvgIpc) is 2.03. The van der Waals surface area contributed by atoms with Gasteiger partial charge in [-0.2, -0.15) is 0 Å². The largest absolute Gasteiger partial charge is 0.443 e. The van der Waals surface area contributed by atoms with Crippen molar-refractivity contribution in [2.24, 2.45) is 5.92 Å². The Hall–Kier alpha value is -0.570. The molecule has 0 aromatic carbocycles. The molecule has 1 atom stereocenters. The SMILES string of the molecule is CC(C)C[C@H]1NC(C)(C)OC1=O. The highest BCUT2D eigenvalue weighted by Crippen LogP contribution is 2.19. The molecule has 1 fully saturated rings. The van der Waals surface area contributed by atoms with E-state index in [-0.39, 0.29) is 12.0 Å². The van der Waals surface area contributed by atoms with E-state index in [9.17, 15) is 4.79 Å². The van der Waals surface area contributed by atoms with Crippen LogP contribution < -0.4 is 5.32 Å². The highest BCUT2D eigenvalue weighted by molar-refractivity contribution is 5.78. The molecule has 1 aliphatic heterocycles. The first kappa shape index (κ1) is 9.52. The number of hydrogen-bond donors (Lipinski definition) is 1. The normalized spacial score (nSPS) is 27.8. The Morgan fingerprint density at radius 1 is 1.58 bits per heavy atom. The summed E-state index contributed by atoms with van der Waals surface area (Å²) in [6.07, 6.45) is 0.849. The van der Waals surface area contributed by atoms with Crippen molar-refractivity contribution in [2.45, 2.75) is 45.9 Å². The number of cyclic esters (lactones) is 1. The van der Waals surface area contributed by atoms with E-state index in [4.69, 9.17) is 4.74 Å². The van der Waals surface area contributed by atoms with Crippen molar-refractivity contribution in [2.75, 3.05) is 0 Å². The Kier molecular flexibility index (Phi) is 2.42. The fraction of sp³-hybridized carbons (Fsp3) is 0.889. The summed E-state index contributed by atoms with van der Waals surface area (Å²) in [6, 6.07) is -0.111. The van der Waals surface area contributed by atoms with E-state index in [0.29, 0.717) is 5.92 Å². The molecule has 3 nitrogen and oxygen atoms in total. The number of ether oxygens (including phenoxy) is 1. The smallest absolute Gasteiger partial charge is 0.325 e. The quantitative estimate of drug-likeness (QED) is 0.636. The molecule has 70 valence electrons. The first-order valence-electron chi connectivity index (χ1n) is 4.41. The van der Waals surface area contributed by atoms with Crippen LogP contribution in [0.2, 0.25) is 0 Å². The Balaban J connectivity index is 2.53. The van der Waals surface area contributed by atoms with Gasteiger partial charge in [-0.3, -0.25) is 10.1 Å². The minimum absolute atomic E-state index is 0.111. The van der Waals surface area contributed by atoms with Crippen molar-refractivity contribution >= 4 is 5.97 Å². The fourth-order valence-electron chi connectivity index (χ4n) is 1.46. The molecular formula is C9H17NO2. The van der Waals surface area contributed by atoms with Crippen LogP contribution in [0.25, 0.3) is 0 Å². The number of carbonyl (C=O) groups is 1. The van der Waals surface area contributed by atoms with Gasteiger partial charge in [-0.25, -0.2) is 0 Å². The molecular weight excluding hydrogens is 154 g/mol. The molecule has 0 bridgehead atoms. The van der Waals surface area contributed by atoms with Crippen LogP contribution in [-0.2, 0) is 9.53 Å². The number of nitrogens with one attached hydrogen (secondary N) is 1. The van der Waals surface area contributed by atoms with Crippen molar-refractivity contribution in [1.29, 1.82) is 0 Å². The predicted octanol–water partition coefficient (Wildman–Crippen LogP) is 1.28. The van der Waals surface area contributed by atoms with Gasteiger partial charge in [0.1, 0.15) is 6.04 Å². The Bertz CT molecular complexity index is 187. The molecule has 0 aromatic heterocycles. The van der Waals surface area contributed by atoms with Crippen LogP contribution >= 0.6 is 0 Å². The number of carbonyl (C=O) groups excluding carboxylic acids is 1. The van der Waals surface area contributed by atoms with E-state index >= 15 is 0 Å². The molecule has 0 radical (unpaired) electrons. The van der Waals surface area contributed by atoms with Gasteiger partial charge < -0.3 is 4.74 Å². The van der Waals surface area contributed by atoms with Crippen LogP contribution in [0.5, 0.6) is 0 Å². The topological polar surface area (TPSA) is 38.3 Å². The minimum atomic E-state index is -0.476. The molecule has 0 spiro atoms. The molecule has 1 N–H and O–H groups in total. The summed E-state index contributed by atoms with van der Waals surface area (Å²) < 4.78 is 5.11. The van der Waals surface area contributed by atoms with Crippen LogP contribution in [0.1, 0.15) is 34.1 Å². The second-order valence-corrected chi connectivity index (χ2v) is 4.26. The minimum Gasteiger partial charge on any atom is -0.443 e. The highest BCUT2D eigenvalue weighted by atomic mass is 16.6. The van der Waals surface area contributed by atoms with Gasteiger partial charge in [0.25, 0.3) is 0 Å². The molecule has 12 heavy (non-hydrogen) atoms. The third-order valence-electron chi connectivity index (χ3n) is 1.87. The zero-order valence-electron chi connectivity index (χ0n) is 8.18. The van der Waals surface area contributed by atoms with Gasteiger partial charge in [-0.05, 0) is 26.2 Å². The lowest BCUT2D eigenvalue weighted by molar-refractivity contribution is -0.147. The maximum absolute atomic E-state index is 11.2. The van der Waals surface area contributed by atoms with Gasteiger partial charge in [-0.15, -0.1) is 0 Å². The average molecular weight is 171 g/mol. The lowest BCUT2D eigenvalue weighted by Gasteiger charge is -2.16. The summed E-state index contributed by atoms with van der Waals surface area (Å²) in [6.45, 7) is 7.93. The monoisotopic (exact) mass is 171 g/mol. The third-order valence-corrected chi connectivity index (χ3v) is 1.87. The first-order chi connectivity index (χ1) is 5.41. The van der Waals surface area contributed by atoms with Crippen molar-refractivity contribution in [3.8, 4) is 0 Å². The van der Waals surface area contributed by atoms with Crippen LogP contribution in [-0.4, -0.2) is 17.7 Å². The van der Waals surface area contributed by atoms with E-state index in [1.807, 2.05) is 13.8 Å². The Morgan fingerprint density at radius 2 is 2.17 bits per heavy atom. The second kappa shape index (κ2) is 3.05. The number of hydrogen-bond acceptors (Lipinski definition) is 3. The zero-order chi connectivity index (χ0) is 9.35. The van der Waals surface area contributed by atoms with E-state index in [0.717, 1.165) is 6.42 Å². The summed E-state index contributed by atoms with van der Waals surface area (Å²) in [5, 5.41) is 3.14. The van der Waals surface area contributed by atoms with Gasteiger partial charge in [0, 0.05) is 0 Å². The predicted molar refractivity (Wildman–Crippen MR) is 46.5 cm³/mol. The Labute approximate surface area is 73.5 Å². The molecule has 0 saturated carbocycles. The maximum Gasteiger partial charge on any atom is 0.325 e. The van der Waals surface area contributed by atoms with E-state index in [1.54, 1.807) is 0 Å². The van der Waals surface area contributed by atoms with E-state index in [1.165, 1.54) is 0 Å². The lowest BCUT2D eigenvalue weighted by Crippen LogP contribution is -2.39. The summed E-state index contributed by atoms with van der Waals surface area (Å²) in [5.74, 6) is 0.401. The summed E-state index contributed by atoms with van der Waals surface area (Å²) in [5.41, 5.74) is -0.476. The standard InChI is InChI=1S/C9H17NO2/c1-6(2)5-7-8(11)12-9(3,4)10-7/h6-7,10H,5H2,1-4H3/t7-/m1/s1. The van der Waals surface area contributed by atoms with Crippen LogP contribution in [0, 0.1) is 5.92 Å². The fourth-order valence-corrected chi connectivity index (χ4v) is 1.46. The zero-order valence-corrected chi connectivity index (χ0v) is 8.18. The molecule has 1 aliphatic rings. The van der Waals surface area contributed by atoms with Gasteiger partial charge >= 0.3 is 5.97 Å². The van der Waals surface area contributed by atoms with E-state index < -0.39 is 5.72 Å². The van der Waals surface area contributed by atoms with Crippen LogP contribution in [0.3, 0.4) is 0 Å². The van der Waals surface area contributed by atoms with Gasteiger partial charge in [0.15, 0.2) is 5.72 Å². The molecule has 0 amide bonds. The van der Waals surface area contributed by atoms with Crippen molar-refractivity contribution in [1.82, 2.24) is 5.32 Å². The maximum atomic E-state index is 11.2. The van der Waals surface area contributed by atoms with Gasteiger partial charge in [0.2, 0.25) is 0 Å².